The summed E-state index contributed by atoms with van der Waals surface area (Å²) in [6.45, 7) is 0. The molecular weight excluding hydrogens is 221 g/mol. The minimum atomic E-state index is -4.67. The van der Waals surface area contributed by atoms with E-state index in [-0.39, 0.29) is 57.8 Å². The van der Waals surface area contributed by atoms with Crippen molar-refractivity contribution in [3.8, 4) is 0 Å². The molecule has 0 radical (unpaired) electrons. The molecule has 0 aliphatic carbocycles. The van der Waals surface area contributed by atoms with Crippen molar-refractivity contribution >= 4 is 45.9 Å². The fourth-order valence-electron chi connectivity index (χ4n) is 0. The van der Waals surface area contributed by atoms with Crippen molar-refractivity contribution in [3.63, 3.8) is 0 Å². The first kappa shape index (κ1) is 22.7. The van der Waals surface area contributed by atoms with Gasteiger partial charge in [-0.15, -0.1) is 12.4 Å². The fraction of sp³-hybridized carbons (Fsp3) is 0. The fourth-order valence-corrected chi connectivity index (χ4v) is 0. The number of hydrogen-bond donors (Lipinski definition) is 2. The molecule has 2 N–H and O–H groups in total. The second-order valence-electron chi connectivity index (χ2n) is 0.448. The SMILES string of the molecule is Cl.O=S(=O)(O)O.[H-].[H-].[Mg+2].[Zn]. The van der Waals surface area contributed by atoms with Crippen LogP contribution in [0.25, 0.3) is 0 Å². The molecule has 46 valence electrons. The van der Waals surface area contributed by atoms with Gasteiger partial charge in [0.15, 0.2) is 0 Å². The Kier molecular flexibility index (Phi) is 24.2. The third-order valence-corrected chi connectivity index (χ3v) is 0. The van der Waals surface area contributed by atoms with Crippen molar-refractivity contribution in [2.45, 2.75) is 0 Å². The molecule has 0 aromatic heterocycles. The van der Waals surface area contributed by atoms with E-state index in [4.69, 9.17) is 17.5 Å². The molecule has 0 aromatic carbocycles. The summed E-state index contributed by atoms with van der Waals surface area (Å²) in [7, 11) is -4.67. The van der Waals surface area contributed by atoms with Gasteiger partial charge in [-0.05, 0) is 0 Å². The zero-order chi connectivity index (χ0) is 4.50. The summed E-state index contributed by atoms with van der Waals surface area (Å²) in [5, 5.41) is 0. The maximum Gasteiger partial charge on any atom is 2.00 e. The summed E-state index contributed by atoms with van der Waals surface area (Å²) in [5.41, 5.74) is 0. The molecule has 0 bridgehead atoms. The second kappa shape index (κ2) is 8.55. The second-order valence-corrected chi connectivity index (χ2v) is 1.34. The van der Waals surface area contributed by atoms with Gasteiger partial charge in [0.25, 0.3) is 0 Å². The predicted octanol–water partition coefficient (Wildman–Crippen LogP) is -0.389. The zero-order valence-electron chi connectivity index (χ0n) is 5.94. The molecule has 0 spiro atoms. The maximum atomic E-state index is 8.74. The minimum Gasteiger partial charge on any atom is -1.00 e. The molecule has 0 fully saturated rings. The topological polar surface area (TPSA) is 74.6 Å². The third kappa shape index (κ3) is 135. The summed E-state index contributed by atoms with van der Waals surface area (Å²) in [4.78, 5) is 0. The monoisotopic (exact) mass is 224 g/mol. The third-order valence-electron chi connectivity index (χ3n) is 0. The van der Waals surface area contributed by atoms with E-state index < -0.39 is 10.4 Å². The van der Waals surface area contributed by atoms with Gasteiger partial charge in [-0.1, -0.05) is 0 Å². The molecule has 0 aromatic rings. The Morgan fingerprint density at radius 3 is 1.25 bits per heavy atom. The van der Waals surface area contributed by atoms with Gasteiger partial charge in [-0.25, -0.2) is 0 Å². The van der Waals surface area contributed by atoms with Crippen molar-refractivity contribution in [3.05, 3.63) is 0 Å². The molecule has 8 heavy (non-hydrogen) atoms. The molecule has 8 heteroatoms. The molecule has 0 saturated heterocycles. The molecule has 0 aliphatic rings. The van der Waals surface area contributed by atoms with Gasteiger partial charge in [0.05, 0.1) is 0 Å². The van der Waals surface area contributed by atoms with E-state index in [1.165, 1.54) is 0 Å². The van der Waals surface area contributed by atoms with E-state index in [1.54, 1.807) is 0 Å². The molecular formula is H5ClMgO4SZn. The molecule has 0 saturated carbocycles. The average Bonchev–Trinajstić information content (AvgIpc) is 0.722. The quantitative estimate of drug-likeness (QED) is 0.436. The van der Waals surface area contributed by atoms with Crippen LogP contribution >= 0.6 is 12.4 Å². The van der Waals surface area contributed by atoms with Gasteiger partial charge in [0, 0.05) is 19.5 Å². The van der Waals surface area contributed by atoms with Crippen molar-refractivity contribution < 1.29 is 39.9 Å². The Bertz CT molecular complexity index is 106. The van der Waals surface area contributed by atoms with Crippen molar-refractivity contribution in [1.29, 1.82) is 0 Å². The molecule has 0 unspecified atom stereocenters. The minimum absolute atomic E-state index is 0. The van der Waals surface area contributed by atoms with Crippen LogP contribution in [0, 0.1) is 0 Å². The van der Waals surface area contributed by atoms with Crippen LogP contribution in [-0.2, 0) is 29.9 Å². The summed E-state index contributed by atoms with van der Waals surface area (Å²) < 4.78 is 31.6. The zero-order valence-corrected chi connectivity index (χ0v) is 9.96. The Labute approximate surface area is 85.3 Å². The smallest absolute Gasteiger partial charge is 1.00 e. The van der Waals surface area contributed by atoms with Gasteiger partial charge in [0.2, 0.25) is 0 Å². The average molecular weight is 226 g/mol. The predicted molar refractivity (Wildman–Crippen MR) is 29.4 cm³/mol. The summed E-state index contributed by atoms with van der Waals surface area (Å²) >= 11 is 0. The van der Waals surface area contributed by atoms with Crippen molar-refractivity contribution in [1.82, 2.24) is 0 Å². The van der Waals surface area contributed by atoms with E-state index >= 15 is 0 Å². The Hall–Kier alpha value is 1.55. The van der Waals surface area contributed by atoms with Gasteiger partial charge in [-0.3, -0.25) is 9.11 Å². The summed E-state index contributed by atoms with van der Waals surface area (Å²) in [6, 6.07) is 0. The first-order chi connectivity index (χ1) is 2.00. The number of rotatable bonds is 0. The molecule has 0 atom stereocenters. The summed E-state index contributed by atoms with van der Waals surface area (Å²) in [6.07, 6.45) is 0. The van der Waals surface area contributed by atoms with E-state index in [9.17, 15) is 0 Å². The van der Waals surface area contributed by atoms with Gasteiger partial charge >= 0.3 is 33.5 Å². The van der Waals surface area contributed by atoms with Crippen LogP contribution in [-0.4, -0.2) is 40.6 Å². The molecule has 0 heterocycles. The first-order valence-electron chi connectivity index (χ1n) is 0.698. The van der Waals surface area contributed by atoms with E-state index in [1.807, 2.05) is 0 Å². The summed E-state index contributed by atoms with van der Waals surface area (Å²) in [5.74, 6) is 0. The largest absolute Gasteiger partial charge is 2.00 e. The molecule has 0 amide bonds. The van der Waals surface area contributed by atoms with E-state index in [0.717, 1.165) is 0 Å². The van der Waals surface area contributed by atoms with Gasteiger partial charge in [0.1, 0.15) is 0 Å². The Balaban J connectivity index is -0.00000000800. The molecule has 0 aliphatic heterocycles. The standard InChI is InChI=1S/ClH.Mg.H2O4S.Zn.2H/c;;1-5(2,3)4;;;/h1H;;(H2,1,2,3,4);;;/q;+2;;;2*-1. The Morgan fingerprint density at radius 1 is 1.25 bits per heavy atom. The van der Waals surface area contributed by atoms with Crippen LogP contribution in [0.1, 0.15) is 2.85 Å². The van der Waals surface area contributed by atoms with Crippen molar-refractivity contribution in [2.75, 3.05) is 0 Å². The normalized spacial score (nSPS) is 7.25. The van der Waals surface area contributed by atoms with Crippen LogP contribution < -0.4 is 0 Å². The van der Waals surface area contributed by atoms with E-state index in [0.29, 0.717) is 0 Å². The van der Waals surface area contributed by atoms with Gasteiger partial charge < -0.3 is 2.85 Å². The first-order valence-corrected chi connectivity index (χ1v) is 2.10. The van der Waals surface area contributed by atoms with Crippen LogP contribution in [0.3, 0.4) is 0 Å². The van der Waals surface area contributed by atoms with Gasteiger partial charge in [-0.2, -0.15) is 8.42 Å². The van der Waals surface area contributed by atoms with Crippen LogP contribution in [0.15, 0.2) is 0 Å². The van der Waals surface area contributed by atoms with Crippen LogP contribution in [0.2, 0.25) is 0 Å². The molecule has 0 rings (SSSR count). The maximum absolute atomic E-state index is 8.74. The van der Waals surface area contributed by atoms with Crippen molar-refractivity contribution in [2.24, 2.45) is 0 Å². The van der Waals surface area contributed by atoms with Crippen LogP contribution in [0.5, 0.6) is 0 Å². The van der Waals surface area contributed by atoms with Crippen LogP contribution in [0.4, 0.5) is 0 Å². The Morgan fingerprint density at radius 2 is 1.25 bits per heavy atom. The number of hydrogen-bond acceptors (Lipinski definition) is 2. The molecule has 4 nitrogen and oxygen atoms in total. The van der Waals surface area contributed by atoms with E-state index in [2.05, 4.69) is 0 Å². The number of halogens is 1.